The summed E-state index contributed by atoms with van der Waals surface area (Å²) in [6.45, 7) is 3.59. The summed E-state index contributed by atoms with van der Waals surface area (Å²) in [5, 5.41) is 0. The minimum Gasteiger partial charge on any atom is -0.497 e. The van der Waals surface area contributed by atoms with Gasteiger partial charge >= 0.3 is 0 Å². The quantitative estimate of drug-likeness (QED) is 0.411. The highest BCUT2D eigenvalue weighted by atomic mass is 32.2. The number of aryl methyl sites for hydroxylation is 1. The largest absolute Gasteiger partial charge is 0.497 e. The molecule has 1 amide bonds. The number of amides is 1. The Balaban J connectivity index is 1.61. The number of rotatable bonds is 9. The van der Waals surface area contributed by atoms with Gasteiger partial charge in [-0.1, -0.05) is 29.8 Å². The predicted octanol–water partition coefficient (Wildman–Crippen LogP) is 3.56. The van der Waals surface area contributed by atoms with Crippen LogP contribution in [0, 0.1) is 6.92 Å². The van der Waals surface area contributed by atoms with Gasteiger partial charge in [0.25, 0.3) is 10.0 Å². The number of hydrogen-bond acceptors (Lipinski definition) is 7. The minimum atomic E-state index is -4.10. The normalized spacial score (nSPS) is 13.7. The molecule has 10 heteroatoms. The van der Waals surface area contributed by atoms with Gasteiger partial charge in [0.15, 0.2) is 0 Å². The molecule has 202 valence electrons. The fourth-order valence-corrected chi connectivity index (χ4v) is 5.86. The van der Waals surface area contributed by atoms with Crippen LogP contribution in [0.3, 0.4) is 0 Å². The molecule has 3 aromatic carbocycles. The number of hydrogen-bond donors (Lipinski definition) is 0. The van der Waals surface area contributed by atoms with Crippen LogP contribution >= 0.6 is 0 Å². The van der Waals surface area contributed by atoms with Crippen LogP contribution in [0.5, 0.6) is 17.2 Å². The number of methoxy groups -OCH3 is 3. The number of benzene rings is 3. The van der Waals surface area contributed by atoms with Gasteiger partial charge in [-0.25, -0.2) is 8.42 Å². The molecule has 1 aliphatic rings. The number of carbonyl (C=O) groups excluding carboxylic acids is 1. The van der Waals surface area contributed by atoms with Crippen molar-refractivity contribution in [2.75, 3.05) is 63.3 Å². The zero-order chi connectivity index (χ0) is 27.3. The van der Waals surface area contributed by atoms with Crippen molar-refractivity contribution in [1.82, 2.24) is 4.90 Å². The predicted molar refractivity (Wildman–Crippen MR) is 147 cm³/mol. The zero-order valence-corrected chi connectivity index (χ0v) is 22.9. The van der Waals surface area contributed by atoms with Gasteiger partial charge in [-0.15, -0.1) is 0 Å². The molecule has 0 saturated carbocycles. The molecule has 1 fully saturated rings. The highest BCUT2D eigenvalue weighted by Gasteiger charge is 2.32. The number of carbonyl (C=O) groups is 1. The molecule has 0 radical (unpaired) electrons. The van der Waals surface area contributed by atoms with Crippen molar-refractivity contribution < 1.29 is 27.4 Å². The molecule has 0 N–H and O–H groups in total. The summed E-state index contributed by atoms with van der Waals surface area (Å²) in [4.78, 5) is 17.5. The van der Waals surface area contributed by atoms with E-state index in [0.29, 0.717) is 37.7 Å². The fourth-order valence-electron chi connectivity index (χ4n) is 4.44. The van der Waals surface area contributed by atoms with Crippen molar-refractivity contribution in [3.8, 4) is 17.2 Å². The molecular weight excluding hydrogens is 506 g/mol. The van der Waals surface area contributed by atoms with Crippen LogP contribution in [-0.2, 0) is 14.8 Å². The zero-order valence-electron chi connectivity index (χ0n) is 22.1. The van der Waals surface area contributed by atoms with Gasteiger partial charge in [0.2, 0.25) is 5.91 Å². The Morgan fingerprint density at radius 1 is 0.842 bits per heavy atom. The molecule has 9 nitrogen and oxygen atoms in total. The Kier molecular flexibility index (Phi) is 8.31. The third kappa shape index (κ3) is 5.65. The Bertz CT molecular complexity index is 1370. The molecule has 0 unspecified atom stereocenters. The van der Waals surface area contributed by atoms with Crippen molar-refractivity contribution >= 4 is 27.3 Å². The van der Waals surface area contributed by atoms with Crippen LogP contribution in [0.4, 0.5) is 11.4 Å². The first-order valence-corrected chi connectivity index (χ1v) is 13.7. The van der Waals surface area contributed by atoms with E-state index in [2.05, 4.69) is 4.90 Å². The van der Waals surface area contributed by atoms with Crippen LogP contribution < -0.4 is 23.4 Å². The van der Waals surface area contributed by atoms with Gasteiger partial charge in [0, 0.05) is 32.2 Å². The van der Waals surface area contributed by atoms with Crippen LogP contribution in [0.15, 0.2) is 71.6 Å². The monoisotopic (exact) mass is 539 g/mol. The standard InChI is InChI=1S/C28H33N3O6S/c1-21-9-12-23(13-10-21)38(33,34)31(25-19-22(35-2)11-14-27(25)37-4)20-28(32)30-17-15-29(16-18-30)24-7-5-6-8-26(24)36-3/h5-14,19H,15-18,20H2,1-4H3. The first kappa shape index (κ1) is 27.1. The molecule has 0 spiro atoms. The smallest absolute Gasteiger partial charge is 0.264 e. The lowest BCUT2D eigenvalue weighted by atomic mass is 10.2. The van der Waals surface area contributed by atoms with Crippen LogP contribution in [0.25, 0.3) is 0 Å². The highest BCUT2D eigenvalue weighted by molar-refractivity contribution is 7.92. The molecule has 0 atom stereocenters. The van der Waals surface area contributed by atoms with Gasteiger partial charge in [-0.3, -0.25) is 9.10 Å². The van der Waals surface area contributed by atoms with Crippen molar-refractivity contribution in [2.45, 2.75) is 11.8 Å². The molecule has 4 rings (SSSR count). The van der Waals surface area contributed by atoms with E-state index in [9.17, 15) is 13.2 Å². The summed E-state index contributed by atoms with van der Waals surface area (Å²) in [7, 11) is 0.488. The SMILES string of the molecule is COc1ccc(OC)c(N(CC(=O)N2CCN(c3ccccc3OC)CC2)S(=O)(=O)c2ccc(C)cc2)c1. The second kappa shape index (κ2) is 11.6. The Hall–Kier alpha value is -3.92. The maximum Gasteiger partial charge on any atom is 0.264 e. The second-order valence-corrected chi connectivity index (χ2v) is 10.8. The van der Waals surface area contributed by atoms with Crippen molar-refractivity contribution in [3.05, 3.63) is 72.3 Å². The average molecular weight is 540 g/mol. The van der Waals surface area contributed by atoms with Crippen molar-refractivity contribution in [1.29, 1.82) is 0 Å². The summed E-state index contributed by atoms with van der Waals surface area (Å²) in [6, 6.07) is 19.2. The maximum absolute atomic E-state index is 13.9. The number of ether oxygens (including phenoxy) is 3. The Morgan fingerprint density at radius 2 is 1.50 bits per heavy atom. The van der Waals surface area contributed by atoms with Crippen LogP contribution in [-0.4, -0.2) is 73.3 Å². The summed E-state index contributed by atoms with van der Waals surface area (Å²) >= 11 is 0. The Labute approximate surface area is 224 Å². The second-order valence-electron chi connectivity index (χ2n) is 8.90. The van der Waals surface area contributed by atoms with Crippen molar-refractivity contribution in [3.63, 3.8) is 0 Å². The molecule has 1 heterocycles. The van der Waals surface area contributed by atoms with E-state index in [1.54, 1.807) is 54.5 Å². The molecule has 1 aliphatic heterocycles. The summed E-state index contributed by atoms with van der Waals surface area (Å²) < 4.78 is 45.2. The number of nitrogens with zero attached hydrogens (tertiary/aromatic N) is 3. The number of sulfonamides is 1. The third-order valence-corrected chi connectivity index (χ3v) is 8.37. The lowest BCUT2D eigenvalue weighted by Gasteiger charge is -2.37. The van der Waals surface area contributed by atoms with E-state index >= 15 is 0 Å². The number of para-hydroxylation sites is 2. The average Bonchev–Trinajstić information content (AvgIpc) is 2.95. The van der Waals surface area contributed by atoms with E-state index in [4.69, 9.17) is 14.2 Å². The lowest BCUT2D eigenvalue weighted by Crippen LogP contribution is -2.52. The lowest BCUT2D eigenvalue weighted by molar-refractivity contribution is -0.129. The minimum absolute atomic E-state index is 0.0850. The number of piperazine rings is 1. The van der Waals surface area contributed by atoms with E-state index in [0.717, 1.165) is 21.3 Å². The highest BCUT2D eigenvalue weighted by Crippen LogP contribution is 2.36. The molecule has 0 aromatic heterocycles. The molecular formula is C28H33N3O6S. The van der Waals surface area contributed by atoms with Gasteiger partial charge in [-0.2, -0.15) is 0 Å². The fraction of sp³-hybridized carbons (Fsp3) is 0.321. The molecule has 1 saturated heterocycles. The van der Waals surface area contributed by atoms with Gasteiger partial charge < -0.3 is 24.0 Å². The van der Waals surface area contributed by atoms with Crippen LogP contribution in [0.2, 0.25) is 0 Å². The molecule has 38 heavy (non-hydrogen) atoms. The molecule has 3 aromatic rings. The topological polar surface area (TPSA) is 88.6 Å². The maximum atomic E-state index is 13.9. The van der Waals surface area contributed by atoms with Gasteiger partial charge in [-0.05, 0) is 43.3 Å². The summed E-state index contributed by atoms with van der Waals surface area (Å²) in [5.74, 6) is 1.23. The van der Waals surface area contributed by atoms with E-state index in [-0.39, 0.29) is 23.0 Å². The number of anilines is 2. The summed E-state index contributed by atoms with van der Waals surface area (Å²) in [6.07, 6.45) is 0. The van der Waals surface area contributed by atoms with Gasteiger partial charge in [0.05, 0.1) is 37.6 Å². The molecule has 0 aliphatic carbocycles. The first-order chi connectivity index (χ1) is 18.3. The Morgan fingerprint density at radius 3 is 2.13 bits per heavy atom. The third-order valence-electron chi connectivity index (χ3n) is 6.60. The van der Waals surface area contributed by atoms with E-state index < -0.39 is 10.0 Å². The summed E-state index contributed by atoms with van der Waals surface area (Å²) in [5.41, 5.74) is 2.12. The first-order valence-electron chi connectivity index (χ1n) is 12.3. The van der Waals surface area contributed by atoms with E-state index in [1.807, 2.05) is 31.2 Å². The molecule has 0 bridgehead atoms. The van der Waals surface area contributed by atoms with E-state index in [1.165, 1.54) is 14.2 Å². The van der Waals surface area contributed by atoms with Crippen molar-refractivity contribution in [2.24, 2.45) is 0 Å². The van der Waals surface area contributed by atoms with Gasteiger partial charge in [0.1, 0.15) is 23.8 Å². The van der Waals surface area contributed by atoms with Crippen LogP contribution in [0.1, 0.15) is 5.56 Å².